The highest BCUT2D eigenvalue weighted by Crippen LogP contribution is 2.20. The number of likely N-dealkylation sites (N-methyl/N-ethyl adjacent to an activating group) is 1. The summed E-state index contributed by atoms with van der Waals surface area (Å²) >= 11 is 0. The Bertz CT molecular complexity index is 1270. The number of aryl methyl sites for hydroxylation is 1. The van der Waals surface area contributed by atoms with Crippen molar-refractivity contribution in [3.8, 4) is 6.01 Å². The molecule has 1 saturated heterocycles. The number of hydrogen-bond donors (Lipinski definition) is 2. The molecule has 3 N–H and O–H groups in total. The number of carbonyl (C=O) groups is 1. The number of aromatic amines is 1. The quantitative estimate of drug-likeness (QED) is 0.255. The van der Waals surface area contributed by atoms with Crippen LogP contribution in [0.15, 0.2) is 29.1 Å². The minimum Gasteiger partial charge on any atom is -0.469 e. The van der Waals surface area contributed by atoms with Gasteiger partial charge in [0.05, 0.1) is 20.1 Å². The monoisotopic (exact) mass is 525 g/mol. The summed E-state index contributed by atoms with van der Waals surface area (Å²) in [6.07, 6.45) is 4.03. The molecule has 0 bridgehead atoms. The minimum absolute atomic E-state index is 0.197. The van der Waals surface area contributed by atoms with Crippen molar-refractivity contribution in [1.82, 2.24) is 29.3 Å². The number of nitrogen functional groups attached to an aromatic ring is 1. The molecule has 11 heteroatoms. The summed E-state index contributed by atoms with van der Waals surface area (Å²) in [6.45, 7) is 6.78. The minimum atomic E-state index is -0.250. The summed E-state index contributed by atoms with van der Waals surface area (Å²) in [6, 6.07) is 8.76. The van der Waals surface area contributed by atoms with Crippen LogP contribution in [0.1, 0.15) is 43.7 Å². The first-order valence-corrected chi connectivity index (χ1v) is 13.3. The molecule has 206 valence electrons. The maximum absolute atomic E-state index is 12.7. The van der Waals surface area contributed by atoms with Crippen LogP contribution in [-0.4, -0.2) is 81.7 Å². The first-order chi connectivity index (χ1) is 18.4. The van der Waals surface area contributed by atoms with E-state index in [4.69, 9.17) is 15.2 Å². The van der Waals surface area contributed by atoms with E-state index in [2.05, 4.69) is 50.9 Å². The molecule has 1 aromatic carbocycles. The number of nitrogens with one attached hydrogen (secondary N) is 1. The van der Waals surface area contributed by atoms with Crippen molar-refractivity contribution in [2.75, 3.05) is 46.1 Å². The molecular weight excluding hydrogens is 486 g/mol. The molecule has 3 aromatic rings. The summed E-state index contributed by atoms with van der Waals surface area (Å²) in [5.74, 6) is -0.0313. The van der Waals surface area contributed by atoms with Gasteiger partial charge in [-0.2, -0.15) is 9.97 Å². The van der Waals surface area contributed by atoms with Gasteiger partial charge in [0.25, 0.3) is 0 Å². The zero-order valence-electron chi connectivity index (χ0n) is 22.6. The number of nitrogens with zero attached hydrogens (tertiary/aromatic N) is 5. The summed E-state index contributed by atoms with van der Waals surface area (Å²) < 4.78 is 12.0. The second-order valence-electron chi connectivity index (χ2n) is 9.97. The molecule has 1 atom stereocenters. The van der Waals surface area contributed by atoms with Gasteiger partial charge < -0.3 is 25.1 Å². The third kappa shape index (κ3) is 6.90. The largest absolute Gasteiger partial charge is 0.469 e. The fourth-order valence-corrected chi connectivity index (χ4v) is 4.88. The predicted octanol–water partition coefficient (Wildman–Crippen LogP) is 2.19. The van der Waals surface area contributed by atoms with Gasteiger partial charge in [0.15, 0.2) is 11.5 Å². The topological polar surface area (TPSA) is 132 Å². The second-order valence-corrected chi connectivity index (χ2v) is 9.97. The van der Waals surface area contributed by atoms with E-state index in [-0.39, 0.29) is 29.9 Å². The van der Waals surface area contributed by atoms with Crippen molar-refractivity contribution in [2.24, 2.45) is 0 Å². The number of ether oxygens (including phenoxy) is 2. The van der Waals surface area contributed by atoms with Crippen LogP contribution < -0.4 is 16.2 Å². The molecule has 1 aliphatic rings. The molecular formula is C27H39N7O4. The number of methoxy groups -OCH3 is 1. The number of imidazole rings is 1. The Balaban J connectivity index is 1.45. The number of unbranched alkanes of at least 4 members (excludes halogenated alkanes) is 1. The fourth-order valence-electron chi connectivity index (χ4n) is 4.88. The highest BCUT2D eigenvalue weighted by molar-refractivity contribution is 5.81. The lowest BCUT2D eigenvalue weighted by Gasteiger charge is -2.29. The van der Waals surface area contributed by atoms with Gasteiger partial charge in [-0.15, -0.1) is 0 Å². The average molecular weight is 526 g/mol. The maximum atomic E-state index is 12.7. The number of H-pyrrole nitrogens is 1. The second kappa shape index (κ2) is 12.9. The van der Waals surface area contributed by atoms with Crippen LogP contribution in [-0.2, 0) is 29.0 Å². The van der Waals surface area contributed by atoms with Crippen molar-refractivity contribution in [2.45, 2.75) is 58.2 Å². The van der Waals surface area contributed by atoms with Crippen LogP contribution in [0.25, 0.3) is 11.2 Å². The number of benzene rings is 1. The number of aromatic nitrogens is 4. The van der Waals surface area contributed by atoms with Crippen LogP contribution in [0, 0.1) is 0 Å². The smallest absolute Gasteiger partial charge is 0.327 e. The molecule has 0 unspecified atom stereocenters. The van der Waals surface area contributed by atoms with E-state index in [9.17, 15) is 9.59 Å². The van der Waals surface area contributed by atoms with Crippen LogP contribution >= 0.6 is 0 Å². The van der Waals surface area contributed by atoms with Crippen molar-refractivity contribution in [1.29, 1.82) is 0 Å². The SMILES string of the molecule is CCCCOc1nc(N)c2[nH]c(=O)n(CCCN(Cc3ccc(CC(=O)OC)cc3)[C@@H]3CCN(C)C3)c2n1. The van der Waals surface area contributed by atoms with Gasteiger partial charge >= 0.3 is 17.7 Å². The number of esters is 1. The predicted molar refractivity (Wildman–Crippen MR) is 146 cm³/mol. The van der Waals surface area contributed by atoms with E-state index in [0.29, 0.717) is 30.4 Å². The number of carbonyl (C=O) groups excluding carboxylic acids is 1. The zero-order valence-corrected chi connectivity index (χ0v) is 22.6. The van der Waals surface area contributed by atoms with Gasteiger partial charge in [-0.1, -0.05) is 37.6 Å². The van der Waals surface area contributed by atoms with Crippen LogP contribution in [0.4, 0.5) is 5.82 Å². The van der Waals surface area contributed by atoms with Gasteiger partial charge in [0, 0.05) is 32.2 Å². The van der Waals surface area contributed by atoms with Crippen molar-refractivity contribution >= 4 is 23.0 Å². The van der Waals surface area contributed by atoms with Gasteiger partial charge in [-0.05, 0) is 44.0 Å². The standard InChI is InChI=1S/C27H39N7O4/c1-4-5-15-38-26-30-24(28)23-25(31-26)34(27(36)29-23)13-6-12-33(21-11-14-32(2)18-21)17-20-9-7-19(8-10-20)16-22(35)37-3/h7-10,21H,4-6,11-18H2,1-3H3,(H,29,36)(H2,28,30,31)/t21-/m1/s1. The van der Waals surface area contributed by atoms with Gasteiger partial charge in [0.1, 0.15) is 5.52 Å². The van der Waals surface area contributed by atoms with Crippen LogP contribution in [0.2, 0.25) is 0 Å². The van der Waals surface area contributed by atoms with Gasteiger partial charge in [-0.3, -0.25) is 14.3 Å². The number of anilines is 1. The molecule has 0 radical (unpaired) electrons. The summed E-state index contributed by atoms with van der Waals surface area (Å²) in [7, 11) is 3.55. The van der Waals surface area contributed by atoms with Gasteiger partial charge in [0.2, 0.25) is 0 Å². The van der Waals surface area contributed by atoms with E-state index in [0.717, 1.165) is 57.4 Å². The number of nitrogens with two attached hydrogens (primary N) is 1. The Labute approximate surface area is 222 Å². The molecule has 3 heterocycles. The van der Waals surface area contributed by atoms with Crippen LogP contribution in [0.5, 0.6) is 6.01 Å². The lowest BCUT2D eigenvalue weighted by atomic mass is 10.1. The Kier molecular flexibility index (Phi) is 9.35. The summed E-state index contributed by atoms with van der Waals surface area (Å²) in [4.78, 5) is 40.6. The summed E-state index contributed by atoms with van der Waals surface area (Å²) in [5.41, 5.74) is 8.88. The van der Waals surface area contributed by atoms with E-state index in [1.54, 1.807) is 4.57 Å². The highest BCUT2D eigenvalue weighted by atomic mass is 16.5. The molecule has 0 saturated carbocycles. The molecule has 1 aliphatic heterocycles. The van der Waals surface area contributed by atoms with Crippen molar-refractivity contribution in [3.63, 3.8) is 0 Å². The Morgan fingerprint density at radius 1 is 1.21 bits per heavy atom. The molecule has 2 aromatic heterocycles. The van der Waals surface area contributed by atoms with Crippen molar-refractivity contribution in [3.05, 3.63) is 45.9 Å². The van der Waals surface area contributed by atoms with E-state index >= 15 is 0 Å². The van der Waals surface area contributed by atoms with E-state index < -0.39 is 0 Å². The molecule has 0 amide bonds. The number of fused-ring (bicyclic) bond motifs is 1. The molecule has 38 heavy (non-hydrogen) atoms. The highest BCUT2D eigenvalue weighted by Gasteiger charge is 2.26. The van der Waals surface area contributed by atoms with Gasteiger partial charge in [-0.25, -0.2) is 4.79 Å². The first kappa shape index (κ1) is 27.6. The maximum Gasteiger partial charge on any atom is 0.327 e. The molecule has 11 nitrogen and oxygen atoms in total. The molecule has 0 aliphatic carbocycles. The molecule has 1 fully saturated rings. The number of rotatable bonds is 13. The molecule has 4 rings (SSSR count). The normalized spacial score (nSPS) is 15.9. The van der Waals surface area contributed by atoms with Crippen LogP contribution in [0.3, 0.4) is 0 Å². The third-order valence-electron chi connectivity index (χ3n) is 7.05. The Hall–Kier alpha value is -3.44. The number of likely N-dealkylation sites (tertiary alicyclic amines) is 1. The fraction of sp³-hybridized carbons (Fsp3) is 0.556. The Morgan fingerprint density at radius 3 is 2.66 bits per heavy atom. The number of hydrogen-bond acceptors (Lipinski definition) is 9. The lowest BCUT2D eigenvalue weighted by Crippen LogP contribution is -2.38. The average Bonchev–Trinajstić information content (AvgIpc) is 3.47. The van der Waals surface area contributed by atoms with E-state index in [1.165, 1.54) is 12.7 Å². The molecule has 0 spiro atoms. The zero-order chi connectivity index (χ0) is 27.1. The van der Waals surface area contributed by atoms with Crippen molar-refractivity contribution < 1.29 is 14.3 Å². The van der Waals surface area contributed by atoms with E-state index in [1.807, 2.05) is 12.1 Å². The Morgan fingerprint density at radius 2 is 1.97 bits per heavy atom. The lowest BCUT2D eigenvalue weighted by molar-refractivity contribution is -0.139. The summed E-state index contributed by atoms with van der Waals surface area (Å²) in [5, 5.41) is 0. The third-order valence-corrected chi connectivity index (χ3v) is 7.05. The first-order valence-electron chi connectivity index (χ1n) is 13.3.